The van der Waals surface area contributed by atoms with Gasteiger partial charge in [0.25, 0.3) is 5.69 Å². The Morgan fingerprint density at radius 2 is 2.25 bits per heavy atom. The first-order valence-electron chi connectivity index (χ1n) is 7.85. The van der Waals surface area contributed by atoms with Gasteiger partial charge in [-0.05, 0) is 25.5 Å². The van der Waals surface area contributed by atoms with E-state index in [2.05, 4.69) is 5.32 Å². The van der Waals surface area contributed by atoms with Crippen molar-refractivity contribution < 1.29 is 19.2 Å². The third kappa shape index (κ3) is 4.21. The summed E-state index contributed by atoms with van der Waals surface area (Å²) in [6.07, 6.45) is 0.190. The molecular weight excluding hydrogens is 314 g/mol. The number of benzene rings is 1. The van der Waals surface area contributed by atoms with Crippen LogP contribution in [0.5, 0.6) is 0 Å². The van der Waals surface area contributed by atoms with Gasteiger partial charge in [-0.1, -0.05) is 0 Å². The number of likely N-dealkylation sites (tertiary alicyclic amines) is 1. The zero-order chi connectivity index (χ0) is 17.7. The van der Waals surface area contributed by atoms with Gasteiger partial charge in [-0.15, -0.1) is 0 Å². The standard InChI is InChI=1S/C16H21N3O5/c1-3-24-16(21)12-9-15(20)18(10-12)7-6-17-14-5-4-13(19(22)23)8-11(14)2/h4-5,8,12,17H,3,6-7,9-10H2,1-2H3/t12-/m1/s1. The summed E-state index contributed by atoms with van der Waals surface area (Å²) in [6.45, 7) is 5.17. The minimum Gasteiger partial charge on any atom is -0.466 e. The molecule has 8 nitrogen and oxygen atoms in total. The van der Waals surface area contributed by atoms with E-state index in [1.54, 1.807) is 24.8 Å². The van der Waals surface area contributed by atoms with E-state index in [0.717, 1.165) is 11.3 Å². The molecule has 0 aromatic heterocycles. The van der Waals surface area contributed by atoms with E-state index in [4.69, 9.17) is 4.74 Å². The van der Waals surface area contributed by atoms with Crippen LogP contribution in [0.2, 0.25) is 0 Å². The highest BCUT2D eigenvalue weighted by molar-refractivity contribution is 5.86. The van der Waals surface area contributed by atoms with Crippen LogP contribution in [0.25, 0.3) is 0 Å². The van der Waals surface area contributed by atoms with Gasteiger partial charge in [0, 0.05) is 43.9 Å². The topological polar surface area (TPSA) is 102 Å². The van der Waals surface area contributed by atoms with Crippen LogP contribution in [0.15, 0.2) is 18.2 Å². The number of anilines is 1. The fraction of sp³-hybridized carbons (Fsp3) is 0.500. The summed E-state index contributed by atoms with van der Waals surface area (Å²) in [5.74, 6) is -0.777. The summed E-state index contributed by atoms with van der Waals surface area (Å²) >= 11 is 0. The van der Waals surface area contributed by atoms with Gasteiger partial charge >= 0.3 is 5.97 Å². The number of nitro benzene ring substituents is 1. The summed E-state index contributed by atoms with van der Waals surface area (Å²) in [7, 11) is 0. The maximum atomic E-state index is 11.9. The Hall–Kier alpha value is -2.64. The SMILES string of the molecule is CCOC(=O)[C@@H]1CC(=O)N(CCNc2ccc([N+](=O)[O-])cc2C)C1. The molecule has 0 radical (unpaired) electrons. The molecule has 2 rings (SSSR count). The number of hydrogen-bond acceptors (Lipinski definition) is 6. The van der Waals surface area contributed by atoms with Crippen LogP contribution >= 0.6 is 0 Å². The van der Waals surface area contributed by atoms with E-state index in [0.29, 0.717) is 26.2 Å². The number of nitrogens with zero attached hydrogens (tertiary/aromatic N) is 2. The molecule has 0 spiro atoms. The van der Waals surface area contributed by atoms with Crippen molar-refractivity contribution in [1.29, 1.82) is 0 Å². The number of nitro groups is 1. The smallest absolute Gasteiger partial charge is 0.311 e. The van der Waals surface area contributed by atoms with Crippen LogP contribution in [-0.2, 0) is 14.3 Å². The first kappa shape index (κ1) is 17.7. The molecule has 1 saturated heterocycles. The Kier molecular flexibility index (Phi) is 5.73. The first-order valence-corrected chi connectivity index (χ1v) is 7.85. The molecule has 1 atom stereocenters. The Bertz CT molecular complexity index is 647. The van der Waals surface area contributed by atoms with Gasteiger partial charge in [0.1, 0.15) is 0 Å². The number of amides is 1. The number of ether oxygens (including phenoxy) is 1. The molecule has 1 fully saturated rings. The normalized spacial score (nSPS) is 17.0. The minimum absolute atomic E-state index is 0.0463. The van der Waals surface area contributed by atoms with Crippen LogP contribution in [0.1, 0.15) is 18.9 Å². The number of esters is 1. The highest BCUT2D eigenvalue weighted by atomic mass is 16.6. The summed E-state index contributed by atoms with van der Waals surface area (Å²) in [4.78, 5) is 35.6. The Balaban J connectivity index is 1.85. The molecule has 1 aliphatic heterocycles. The molecule has 0 unspecified atom stereocenters. The van der Waals surface area contributed by atoms with Crippen molar-refractivity contribution in [1.82, 2.24) is 4.90 Å². The fourth-order valence-corrected chi connectivity index (χ4v) is 2.69. The van der Waals surface area contributed by atoms with Crippen LogP contribution < -0.4 is 5.32 Å². The molecule has 1 aliphatic rings. The van der Waals surface area contributed by atoms with Crippen molar-refractivity contribution in [3.8, 4) is 0 Å². The molecule has 1 heterocycles. The van der Waals surface area contributed by atoms with Crippen molar-refractivity contribution in [3.05, 3.63) is 33.9 Å². The van der Waals surface area contributed by atoms with Gasteiger partial charge in [0.15, 0.2) is 0 Å². The van der Waals surface area contributed by atoms with E-state index >= 15 is 0 Å². The Morgan fingerprint density at radius 3 is 2.88 bits per heavy atom. The lowest BCUT2D eigenvalue weighted by Gasteiger charge is -2.17. The molecular formula is C16H21N3O5. The van der Waals surface area contributed by atoms with E-state index in [1.165, 1.54) is 12.1 Å². The molecule has 0 aliphatic carbocycles. The molecule has 0 saturated carbocycles. The molecule has 1 N–H and O–H groups in total. The largest absolute Gasteiger partial charge is 0.466 e. The highest BCUT2D eigenvalue weighted by Crippen LogP contribution is 2.22. The van der Waals surface area contributed by atoms with Crippen molar-refractivity contribution in [2.24, 2.45) is 5.92 Å². The van der Waals surface area contributed by atoms with Gasteiger partial charge < -0.3 is 15.0 Å². The molecule has 0 bridgehead atoms. The monoisotopic (exact) mass is 335 g/mol. The average molecular weight is 335 g/mol. The van der Waals surface area contributed by atoms with Crippen LogP contribution in [-0.4, -0.2) is 47.9 Å². The number of hydrogen-bond donors (Lipinski definition) is 1. The molecule has 1 amide bonds. The lowest BCUT2D eigenvalue weighted by molar-refractivity contribution is -0.384. The first-order chi connectivity index (χ1) is 11.4. The number of carbonyl (C=O) groups excluding carboxylic acids is 2. The third-order valence-corrected chi connectivity index (χ3v) is 3.95. The zero-order valence-electron chi connectivity index (χ0n) is 13.8. The molecule has 24 heavy (non-hydrogen) atoms. The number of nitrogens with one attached hydrogen (secondary N) is 1. The van der Waals surface area contributed by atoms with Crippen molar-refractivity contribution >= 4 is 23.3 Å². The van der Waals surface area contributed by atoms with Crippen LogP contribution in [0, 0.1) is 23.0 Å². The van der Waals surface area contributed by atoms with E-state index in [1.807, 2.05) is 0 Å². The molecule has 1 aromatic carbocycles. The summed E-state index contributed by atoms with van der Waals surface area (Å²) in [6, 6.07) is 4.59. The van der Waals surface area contributed by atoms with Crippen molar-refractivity contribution in [2.75, 3.05) is 31.6 Å². The lowest BCUT2D eigenvalue weighted by Crippen LogP contribution is -2.31. The minimum atomic E-state index is -0.435. The quantitative estimate of drug-likeness (QED) is 0.462. The second-order valence-corrected chi connectivity index (χ2v) is 5.68. The maximum Gasteiger partial charge on any atom is 0.311 e. The van der Waals surface area contributed by atoms with Crippen LogP contribution in [0.3, 0.4) is 0 Å². The van der Waals surface area contributed by atoms with E-state index < -0.39 is 10.8 Å². The maximum absolute atomic E-state index is 11.9. The zero-order valence-corrected chi connectivity index (χ0v) is 13.8. The predicted molar refractivity (Wildman–Crippen MR) is 87.6 cm³/mol. The third-order valence-electron chi connectivity index (χ3n) is 3.95. The number of rotatable bonds is 7. The second-order valence-electron chi connectivity index (χ2n) is 5.68. The number of carbonyl (C=O) groups is 2. The average Bonchev–Trinajstić information content (AvgIpc) is 2.90. The Labute approximate surface area is 139 Å². The second kappa shape index (κ2) is 7.76. The van der Waals surface area contributed by atoms with Gasteiger partial charge in [-0.3, -0.25) is 19.7 Å². The lowest BCUT2D eigenvalue weighted by atomic mass is 10.1. The number of aryl methyl sites for hydroxylation is 1. The number of non-ortho nitro benzene ring substituents is 1. The van der Waals surface area contributed by atoms with E-state index in [9.17, 15) is 19.7 Å². The fourth-order valence-electron chi connectivity index (χ4n) is 2.69. The van der Waals surface area contributed by atoms with Gasteiger partial charge in [-0.25, -0.2) is 0 Å². The van der Waals surface area contributed by atoms with Crippen molar-refractivity contribution in [3.63, 3.8) is 0 Å². The van der Waals surface area contributed by atoms with E-state index in [-0.39, 0.29) is 24.0 Å². The van der Waals surface area contributed by atoms with Crippen LogP contribution in [0.4, 0.5) is 11.4 Å². The van der Waals surface area contributed by atoms with Gasteiger partial charge in [-0.2, -0.15) is 0 Å². The summed E-state index contributed by atoms with van der Waals surface area (Å²) < 4.78 is 4.95. The summed E-state index contributed by atoms with van der Waals surface area (Å²) in [5.41, 5.74) is 1.60. The molecule has 130 valence electrons. The predicted octanol–water partition coefficient (Wildman–Crippen LogP) is 1.73. The van der Waals surface area contributed by atoms with Gasteiger partial charge in [0.2, 0.25) is 5.91 Å². The Morgan fingerprint density at radius 1 is 1.50 bits per heavy atom. The summed E-state index contributed by atoms with van der Waals surface area (Å²) in [5, 5.41) is 13.9. The molecule has 8 heteroatoms. The highest BCUT2D eigenvalue weighted by Gasteiger charge is 2.34. The molecule has 1 aromatic rings. The van der Waals surface area contributed by atoms with Crippen molar-refractivity contribution in [2.45, 2.75) is 20.3 Å². The van der Waals surface area contributed by atoms with Gasteiger partial charge in [0.05, 0.1) is 17.4 Å².